The van der Waals surface area contributed by atoms with E-state index in [1.807, 2.05) is 12.1 Å². The van der Waals surface area contributed by atoms with Gasteiger partial charge < -0.3 is 0 Å². The monoisotopic (exact) mass is 327 g/mol. The second-order valence-corrected chi connectivity index (χ2v) is 7.48. The molecule has 0 heterocycles. The zero-order chi connectivity index (χ0) is 14.6. The average molecular weight is 328 g/mol. The number of para-hydroxylation sites is 1. The molecule has 106 valence electrons. The smallest absolute Gasteiger partial charge is 0.258 e. The van der Waals surface area contributed by atoms with Crippen LogP contribution < -0.4 is 0 Å². The fourth-order valence-corrected chi connectivity index (χ4v) is 2.83. The molecule has 0 bridgehead atoms. The summed E-state index contributed by atoms with van der Waals surface area (Å²) in [5, 5.41) is 11.0. The number of nitro benzene ring substituents is 1. The van der Waals surface area contributed by atoms with Gasteiger partial charge in [0.05, 0.1) is 4.92 Å². The second-order valence-electron chi connectivity index (χ2n) is 6.19. The topological polar surface area (TPSA) is 43.1 Å². The van der Waals surface area contributed by atoms with Crippen LogP contribution in [-0.2, 0) is 6.42 Å². The molecule has 0 aliphatic rings. The van der Waals surface area contributed by atoms with E-state index < -0.39 is 0 Å². The van der Waals surface area contributed by atoms with Gasteiger partial charge in [-0.15, -0.1) is 0 Å². The first-order valence-corrected chi connectivity index (χ1v) is 7.49. The first-order valence-electron chi connectivity index (χ1n) is 6.58. The maximum absolute atomic E-state index is 11.0. The lowest BCUT2D eigenvalue weighted by Crippen LogP contribution is -2.21. The Morgan fingerprint density at radius 1 is 1.32 bits per heavy atom. The van der Waals surface area contributed by atoms with Crippen LogP contribution >= 0.6 is 15.9 Å². The first-order chi connectivity index (χ1) is 8.71. The molecule has 0 amide bonds. The molecule has 0 aliphatic heterocycles. The van der Waals surface area contributed by atoms with E-state index in [9.17, 15) is 10.1 Å². The van der Waals surface area contributed by atoms with Crippen molar-refractivity contribution in [3.63, 3.8) is 0 Å². The molecule has 0 aromatic heterocycles. The summed E-state index contributed by atoms with van der Waals surface area (Å²) in [7, 11) is 0. The lowest BCUT2D eigenvalue weighted by atomic mass is 9.79. The summed E-state index contributed by atoms with van der Waals surface area (Å²) in [5.41, 5.74) is 1.28. The van der Waals surface area contributed by atoms with Crippen LogP contribution in [0, 0.1) is 21.4 Å². The fraction of sp³-hybridized carbons (Fsp3) is 0.600. The van der Waals surface area contributed by atoms with Crippen molar-refractivity contribution < 1.29 is 4.92 Å². The van der Waals surface area contributed by atoms with E-state index >= 15 is 0 Å². The molecule has 0 spiro atoms. The summed E-state index contributed by atoms with van der Waals surface area (Å²) < 4.78 is 0. The minimum Gasteiger partial charge on any atom is -0.258 e. The van der Waals surface area contributed by atoms with Crippen LogP contribution in [-0.4, -0.2) is 9.75 Å². The van der Waals surface area contributed by atoms with E-state index in [-0.39, 0.29) is 20.9 Å². The van der Waals surface area contributed by atoms with Gasteiger partial charge in [-0.05, 0) is 24.2 Å². The Labute approximate surface area is 123 Å². The quantitative estimate of drug-likeness (QED) is 0.435. The Kier molecular flexibility index (Phi) is 5.53. The third-order valence-corrected chi connectivity index (χ3v) is 4.41. The van der Waals surface area contributed by atoms with Gasteiger partial charge in [0.25, 0.3) is 5.69 Å². The van der Waals surface area contributed by atoms with Crippen molar-refractivity contribution in [2.24, 2.45) is 11.3 Å². The molecule has 0 fully saturated rings. The molecule has 3 nitrogen and oxygen atoms in total. The molecule has 1 rings (SSSR count). The van der Waals surface area contributed by atoms with Crippen molar-refractivity contribution in [1.82, 2.24) is 0 Å². The number of hydrogen-bond donors (Lipinski definition) is 0. The van der Waals surface area contributed by atoms with Gasteiger partial charge in [0.2, 0.25) is 0 Å². The zero-order valence-corrected chi connectivity index (χ0v) is 13.6. The SMILES string of the molecule is CC(CC(Br)Cc1ccccc1[N+](=O)[O-])C(C)(C)C. The molecular formula is C15H22BrNO2. The van der Waals surface area contributed by atoms with Crippen molar-refractivity contribution in [2.45, 2.75) is 45.4 Å². The molecule has 2 unspecified atom stereocenters. The summed E-state index contributed by atoms with van der Waals surface area (Å²) in [6.07, 6.45) is 1.70. The van der Waals surface area contributed by atoms with Crippen molar-refractivity contribution in [3.05, 3.63) is 39.9 Å². The molecule has 0 saturated heterocycles. The van der Waals surface area contributed by atoms with E-state index in [2.05, 4.69) is 43.6 Å². The number of halogens is 1. The molecule has 0 radical (unpaired) electrons. The summed E-state index contributed by atoms with van der Waals surface area (Å²) in [5.74, 6) is 0.555. The molecule has 2 atom stereocenters. The summed E-state index contributed by atoms with van der Waals surface area (Å²) >= 11 is 3.67. The van der Waals surface area contributed by atoms with Gasteiger partial charge in [-0.3, -0.25) is 10.1 Å². The maximum Gasteiger partial charge on any atom is 0.272 e. The normalized spacial score (nSPS) is 15.0. The van der Waals surface area contributed by atoms with Gasteiger partial charge in [0, 0.05) is 16.5 Å². The number of hydrogen-bond acceptors (Lipinski definition) is 2. The minimum atomic E-state index is -0.303. The predicted molar refractivity (Wildman–Crippen MR) is 82.8 cm³/mol. The van der Waals surface area contributed by atoms with Crippen LogP contribution in [0.4, 0.5) is 5.69 Å². The van der Waals surface area contributed by atoms with Crippen LogP contribution in [0.3, 0.4) is 0 Å². The Bertz CT molecular complexity index is 440. The van der Waals surface area contributed by atoms with Crippen molar-refractivity contribution in [2.75, 3.05) is 0 Å². The van der Waals surface area contributed by atoms with E-state index in [0.29, 0.717) is 12.3 Å². The first kappa shape index (κ1) is 16.2. The van der Waals surface area contributed by atoms with E-state index in [1.54, 1.807) is 12.1 Å². The van der Waals surface area contributed by atoms with Gasteiger partial charge in [-0.2, -0.15) is 0 Å². The number of benzene rings is 1. The Hall–Kier alpha value is -0.900. The van der Waals surface area contributed by atoms with E-state index in [1.165, 1.54) is 0 Å². The van der Waals surface area contributed by atoms with Crippen LogP contribution in [0.1, 0.15) is 39.7 Å². The third kappa shape index (κ3) is 4.94. The number of alkyl halides is 1. The molecule has 0 saturated carbocycles. The highest BCUT2D eigenvalue weighted by atomic mass is 79.9. The fourth-order valence-electron chi connectivity index (χ4n) is 1.92. The number of rotatable bonds is 5. The number of nitrogens with zero attached hydrogens (tertiary/aromatic N) is 1. The van der Waals surface area contributed by atoms with E-state index in [4.69, 9.17) is 0 Å². The van der Waals surface area contributed by atoms with Crippen LogP contribution in [0.25, 0.3) is 0 Å². The molecule has 19 heavy (non-hydrogen) atoms. The van der Waals surface area contributed by atoms with Gasteiger partial charge in [0.15, 0.2) is 0 Å². The van der Waals surface area contributed by atoms with Crippen molar-refractivity contribution >= 4 is 21.6 Å². The summed E-state index contributed by atoms with van der Waals surface area (Å²) in [4.78, 5) is 10.9. The van der Waals surface area contributed by atoms with Gasteiger partial charge in [0.1, 0.15) is 0 Å². The zero-order valence-electron chi connectivity index (χ0n) is 12.0. The maximum atomic E-state index is 11.0. The Balaban J connectivity index is 2.72. The molecule has 1 aromatic carbocycles. The highest BCUT2D eigenvalue weighted by molar-refractivity contribution is 9.09. The highest BCUT2D eigenvalue weighted by Crippen LogP contribution is 2.32. The number of nitro groups is 1. The Morgan fingerprint density at radius 2 is 1.89 bits per heavy atom. The second kappa shape index (κ2) is 6.51. The minimum absolute atomic E-state index is 0.218. The largest absolute Gasteiger partial charge is 0.272 e. The van der Waals surface area contributed by atoms with Crippen LogP contribution in [0.15, 0.2) is 24.3 Å². The molecule has 0 N–H and O–H groups in total. The van der Waals surface area contributed by atoms with Gasteiger partial charge >= 0.3 is 0 Å². The standard InChI is InChI=1S/C15H22BrNO2/c1-11(15(2,3)4)9-13(16)10-12-7-5-6-8-14(12)17(18)19/h5-8,11,13H,9-10H2,1-4H3. The Morgan fingerprint density at radius 3 is 2.42 bits per heavy atom. The lowest BCUT2D eigenvalue weighted by molar-refractivity contribution is -0.385. The summed E-state index contributed by atoms with van der Waals surface area (Å²) in [6, 6.07) is 6.98. The van der Waals surface area contributed by atoms with Crippen LogP contribution in [0.5, 0.6) is 0 Å². The van der Waals surface area contributed by atoms with Crippen molar-refractivity contribution in [3.8, 4) is 0 Å². The van der Waals surface area contributed by atoms with Crippen molar-refractivity contribution in [1.29, 1.82) is 0 Å². The molecule has 0 aliphatic carbocycles. The van der Waals surface area contributed by atoms with Gasteiger partial charge in [-0.1, -0.05) is 61.8 Å². The summed E-state index contributed by atoms with van der Waals surface area (Å²) in [6.45, 7) is 8.90. The van der Waals surface area contributed by atoms with Crippen LogP contribution in [0.2, 0.25) is 0 Å². The van der Waals surface area contributed by atoms with E-state index in [0.717, 1.165) is 12.0 Å². The predicted octanol–water partition coefficient (Wildman–Crippen LogP) is 4.97. The third-order valence-electron chi connectivity index (χ3n) is 3.72. The molecule has 1 aromatic rings. The molecular weight excluding hydrogens is 306 g/mol. The van der Waals surface area contributed by atoms with Gasteiger partial charge in [-0.25, -0.2) is 0 Å². The average Bonchev–Trinajstić information content (AvgIpc) is 2.27. The highest BCUT2D eigenvalue weighted by Gasteiger charge is 2.24. The molecule has 4 heteroatoms. The lowest BCUT2D eigenvalue weighted by Gasteiger charge is -2.29.